The lowest BCUT2D eigenvalue weighted by Gasteiger charge is -2.03. The number of furan rings is 1. The predicted molar refractivity (Wildman–Crippen MR) is 66.3 cm³/mol. The van der Waals surface area contributed by atoms with Crippen LogP contribution in [0, 0.1) is 17.0 Å². The zero-order valence-electron chi connectivity index (χ0n) is 9.41. The van der Waals surface area contributed by atoms with Gasteiger partial charge in [-0.25, -0.2) is 10.8 Å². The maximum Gasteiger partial charge on any atom is 0.275 e. The fourth-order valence-corrected chi connectivity index (χ4v) is 2.18. The molecular weight excluding hydrogens is 256 g/mol. The van der Waals surface area contributed by atoms with Gasteiger partial charge >= 0.3 is 0 Å². The number of nitro groups is 1. The number of aromatic nitrogens is 1. The Balaban J connectivity index is 2.35. The molecule has 0 fully saturated rings. The van der Waals surface area contributed by atoms with Gasteiger partial charge in [0.25, 0.3) is 5.69 Å². The van der Waals surface area contributed by atoms with E-state index in [9.17, 15) is 10.1 Å². The molecule has 0 unspecified atom stereocenters. The Labute approximate surface area is 107 Å². The van der Waals surface area contributed by atoms with Crippen LogP contribution in [0.25, 0.3) is 0 Å². The molecule has 0 saturated carbocycles. The Hall–Kier alpha value is -2.06. The quantitative estimate of drug-likeness (QED) is 0.496. The van der Waals surface area contributed by atoms with Crippen LogP contribution in [0.3, 0.4) is 0 Å². The number of hydrogen-bond acceptors (Lipinski definition) is 7. The second-order valence-corrected chi connectivity index (χ2v) is 4.46. The summed E-state index contributed by atoms with van der Waals surface area (Å²) in [4.78, 5) is 15.3. The summed E-state index contributed by atoms with van der Waals surface area (Å²) < 4.78 is 5.15. The molecule has 94 valence electrons. The van der Waals surface area contributed by atoms with Gasteiger partial charge in [0.2, 0.25) is 0 Å². The third-order valence-corrected chi connectivity index (χ3v) is 3.23. The highest BCUT2D eigenvalue weighted by molar-refractivity contribution is 7.99. The maximum absolute atomic E-state index is 10.8. The molecule has 0 saturated heterocycles. The topological polar surface area (TPSA) is 107 Å². The summed E-state index contributed by atoms with van der Waals surface area (Å²) in [6.45, 7) is 1.81. The van der Waals surface area contributed by atoms with E-state index in [1.165, 1.54) is 23.9 Å². The first-order chi connectivity index (χ1) is 8.60. The van der Waals surface area contributed by atoms with E-state index in [-0.39, 0.29) is 11.5 Å². The van der Waals surface area contributed by atoms with E-state index in [0.717, 1.165) is 10.7 Å². The van der Waals surface area contributed by atoms with Crippen molar-refractivity contribution in [2.45, 2.75) is 16.8 Å². The first kappa shape index (κ1) is 12.4. The van der Waals surface area contributed by atoms with Gasteiger partial charge in [-0.3, -0.25) is 10.1 Å². The summed E-state index contributed by atoms with van der Waals surface area (Å²) in [5.74, 6) is 6.20. The largest absolute Gasteiger partial charge is 0.468 e. The number of nitrogen functional groups attached to an aromatic ring is 1. The van der Waals surface area contributed by atoms with Gasteiger partial charge in [0.05, 0.1) is 22.1 Å². The van der Waals surface area contributed by atoms with Crippen molar-refractivity contribution in [3.05, 3.63) is 40.3 Å². The lowest BCUT2D eigenvalue weighted by molar-refractivity contribution is -0.385. The molecular formula is C10H10N4O3S. The van der Waals surface area contributed by atoms with E-state index < -0.39 is 4.92 Å². The molecule has 2 rings (SSSR count). The van der Waals surface area contributed by atoms with Crippen molar-refractivity contribution in [3.63, 3.8) is 0 Å². The Bertz CT molecular complexity index is 584. The minimum atomic E-state index is -0.491. The summed E-state index contributed by atoms with van der Waals surface area (Å²) in [5, 5.41) is 11.2. The van der Waals surface area contributed by atoms with E-state index in [0.29, 0.717) is 5.03 Å². The number of pyridine rings is 1. The van der Waals surface area contributed by atoms with Gasteiger partial charge in [0.1, 0.15) is 16.6 Å². The SMILES string of the molecule is Cc1occc1Sc1cc([N+](=O)[O-])cc(NN)n1. The van der Waals surface area contributed by atoms with Crippen molar-refractivity contribution < 1.29 is 9.34 Å². The number of nitrogens with two attached hydrogens (primary N) is 1. The van der Waals surface area contributed by atoms with Crippen LogP contribution >= 0.6 is 11.8 Å². The smallest absolute Gasteiger partial charge is 0.275 e. The molecule has 7 nitrogen and oxygen atoms in total. The summed E-state index contributed by atoms with van der Waals surface area (Å²) >= 11 is 1.28. The molecule has 2 heterocycles. The zero-order chi connectivity index (χ0) is 13.1. The highest BCUT2D eigenvalue weighted by atomic mass is 32.2. The lowest BCUT2D eigenvalue weighted by Crippen LogP contribution is -2.09. The van der Waals surface area contributed by atoms with Gasteiger partial charge in [0.15, 0.2) is 0 Å². The molecule has 18 heavy (non-hydrogen) atoms. The van der Waals surface area contributed by atoms with Crippen molar-refractivity contribution in [1.29, 1.82) is 0 Å². The second kappa shape index (κ2) is 5.07. The number of nitrogens with one attached hydrogen (secondary N) is 1. The van der Waals surface area contributed by atoms with Crippen LogP contribution in [0.15, 0.2) is 38.8 Å². The fraction of sp³-hybridized carbons (Fsp3) is 0.100. The third kappa shape index (κ3) is 2.60. The summed E-state index contributed by atoms with van der Waals surface area (Å²) in [7, 11) is 0. The van der Waals surface area contributed by atoms with Gasteiger partial charge in [-0.05, 0) is 13.0 Å². The van der Waals surface area contributed by atoms with E-state index >= 15 is 0 Å². The Morgan fingerprint density at radius 1 is 1.56 bits per heavy atom. The molecule has 0 spiro atoms. The number of hydrazine groups is 1. The van der Waals surface area contributed by atoms with Crippen LogP contribution in [0.5, 0.6) is 0 Å². The van der Waals surface area contributed by atoms with Gasteiger partial charge in [-0.1, -0.05) is 11.8 Å². The van der Waals surface area contributed by atoms with Crippen molar-refractivity contribution in [2.24, 2.45) is 5.84 Å². The normalized spacial score (nSPS) is 10.3. The Kier molecular flexibility index (Phi) is 3.49. The van der Waals surface area contributed by atoms with Crippen LogP contribution < -0.4 is 11.3 Å². The van der Waals surface area contributed by atoms with Crippen LogP contribution in [-0.4, -0.2) is 9.91 Å². The molecule has 0 bridgehead atoms. The summed E-state index contributed by atoms with van der Waals surface area (Å²) in [6.07, 6.45) is 1.55. The molecule has 0 radical (unpaired) electrons. The van der Waals surface area contributed by atoms with Gasteiger partial charge in [0, 0.05) is 6.07 Å². The molecule has 0 amide bonds. The van der Waals surface area contributed by atoms with Gasteiger partial charge in [-0.15, -0.1) is 0 Å². The van der Waals surface area contributed by atoms with Gasteiger partial charge in [-0.2, -0.15) is 0 Å². The lowest BCUT2D eigenvalue weighted by atomic mass is 10.4. The van der Waals surface area contributed by atoms with Crippen LogP contribution in [0.4, 0.5) is 11.5 Å². The molecule has 0 aliphatic carbocycles. The zero-order valence-corrected chi connectivity index (χ0v) is 10.2. The monoisotopic (exact) mass is 266 g/mol. The van der Waals surface area contributed by atoms with Crippen LogP contribution in [0.1, 0.15) is 5.76 Å². The number of nitrogens with zero attached hydrogens (tertiary/aromatic N) is 2. The molecule has 0 aromatic carbocycles. The number of hydrogen-bond donors (Lipinski definition) is 2. The van der Waals surface area contributed by atoms with Crippen molar-refractivity contribution >= 4 is 23.3 Å². The second-order valence-electron chi connectivity index (χ2n) is 3.39. The maximum atomic E-state index is 10.8. The highest BCUT2D eigenvalue weighted by Crippen LogP contribution is 2.32. The molecule has 8 heteroatoms. The van der Waals surface area contributed by atoms with Crippen LogP contribution in [0.2, 0.25) is 0 Å². The summed E-state index contributed by atoms with van der Waals surface area (Å²) in [5.41, 5.74) is 2.24. The first-order valence-corrected chi connectivity index (χ1v) is 5.77. The van der Waals surface area contributed by atoms with E-state index in [1.54, 1.807) is 12.3 Å². The minimum absolute atomic E-state index is 0.0680. The molecule has 2 aromatic heterocycles. The molecule has 0 aliphatic rings. The minimum Gasteiger partial charge on any atom is -0.468 e. The standard InChI is InChI=1S/C10H10N4O3S/c1-6-8(2-3-17-6)18-10-5-7(14(15)16)4-9(12-10)13-11/h2-5H,11H2,1H3,(H,12,13). The molecule has 0 atom stereocenters. The van der Waals surface area contributed by atoms with E-state index in [2.05, 4.69) is 10.4 Å². The number of aryl methyl sites for hydroxylation is 1. The van der Waals surface area contributed by atoms with Crippen molar-refractivity contribution in [3.8, 4) is 0 Å². The number of rotatable bonds is 4. The fourth-order valence-electron chi connectivity index (χ4n) is 1.32. The first-order valence-electron chi connectivity index (χ1n) is 4.95. The average Bonchev–Trinajstić information content (AvgIpc) is 2.74. The van der Waals surface area contributed by atoms with Crippen molar-refractivity contribution in [1.82, 2.24) is 4.98 Å². The van der Waals surface area contributed by atoms with Crippen LogP contribution in [-0.2, 0) is 0 Å². The molecule has 2 aromatic rings. The van der Waals surface area contributed by atoms with Crippen molar-refractivity contribution in [2.75, 3.05) is 5.43 Å². The highest BCUT2D eigenvalue weighted by Gasteiger charge is 2.13. The van der Waals surface area contributed by atoms with Gasteiger partial charge < -0.3 is 9.84 Å². The van der Waals surface area contributed by atoms with E-state index in [4.69, 9.17) is 10.3 Å². The predicted octanol–water partition coefficient (Wildman–Crippen LogP) is 2.33. The molecule has 3 N–H and O–H groups in total. The summed E-state index contributed by atoms with van der Waals surface area (Å²) in [6, 6.07) is 4.43. The molecule has 0 aliphatic heterocycles. The van der Waals surface area contributed by atoms with E-state index in [1.807, 2.05) is 6.92 Å². The Morgan fingerprint density at radius 2 is 2.33 bits per heavy atom. The number of anilines is 1. The average molecular weight is 266 g/mol. The third-order valence-electron chi connectivity index (χ3n) is 2.17. The Morgan fingerprint density at radius 3 is 2.89 bits per heavy atom.